The van der Waals surface area contributed by atoms with E-state index in [0.717, 1.165) is 16.5 Å². The molecule has 0 spiro atoms. The van der Waals surface area contributed by atoms with Crippen LogP contribution >= 0.6 is 11.8 Å². The number of H-pyrrole nitrogens is 1. The largest absolute Gasteiger partial charge is 0.416 e. The first-order valence-electron chi connectivity index (χ1n) is 8.67. The normalized spacial score (nSPS) is 16.0. The van der Waals surface area contributed by atoms with Crippen LogP contribution in [0.4, 0.5) is 23.7 Å². The molecule has 1 saturated heterocycles. The molecular weight excluding hydrogens is 417 g/mol. The fourth-order valence-corrected chi connectivity index (χ4v) is 3.92. The number of aromatic amines is 1. The third kappa shape index (κ3) is 3.61. The van der Waals surface area contributed by atoms with E-state index < -0.39 is 22.9 Å². The lowest BCUT2D eigenvalue weighted by Crippen LogP contribution is -2.29. The first-order valence-corrected chi connectivity index (χ1v) is 9.48. The highest BCUT2D eigenvalue weighted by atomic mass is 32.2. The van der Waals surface area contributed by atoms with E-state index in [9.17, 15) is 22.8 Å². The number of nitrogens with one attached hydrogen (secondary N) is 1. The van der Waals surface area contributed by atoms with Gasteiger partial charge in [0, 0.05) is 5.56 Å². The van der Waals surface area contributed by atoms with E-state index >= 15 is 0 Å². The van der Waals surface area contributed by atoms with E-state index in [1.807, 2.05) is 0 Å². The summed E-state index contributed by atoms with van der Waals surface area (Å²) in [5, 5.41) is 6.97. The number of carbonyl (C=O) groups is 2. The number of imide groups is 1. The lowest BCUT2D eigenvalue weighted by Gasteiger charge is -2.19. The standard InChI is InChI=1S/C20H13F3N4O2S/c1-11-14(20(21,22)23)3-2-4-15(11)27-18(28)16(30-19(27)29)9-12-5-7-13(8-6-12)17-24-10-25-26-17/h2-10H,1H3,(H,24,25,26)/b16-9-. The van der Waals surface area contributed by atoms with Crippen molar-refractivity contribution in [1.29, 1.82) is 0 Å². The SMILES string of the molecule is Cc1c(N2C(=O)S/C(=C\c3ccc(-c4nnc[nH]4)cc3)C2=O)cccc1C(F)(F)F. The number of hydrogen-bond donors (Lipinski definition) is 1. The van der Waals surface area contributed by atoms with Gasteiger partial charge in [-0.3, -0.25) is 9.59 Å². The van der Waals surface area contributed by atoms with Crippen molar-refractivity contribution < 1.29 is 22.8 Å². The van der Waals surface area contributed by atoms with E-state index in [2.05, 4.69) is 15.2 Å². The molecule has 1 aliphatic heterocycles. The Morgan fingerprint density at radius 2 is 1.83 bits per heavy atom. The van der Waals surface area contributed by atoms with Crippen LogP contribution in [-0.2, 0) is 11.0 Å². The van der Waals surface area contributed by atoms with E-state index in [-0.39, 0.29) is 16.2 Å². The summed E-state index contributed by atoms with van der Waals surface area (Å²) in [4.78, 5) is 29.0. The fraction of sp³-hybridized carbons (Fsp3) is 0.100. The molecule has 30 heavy (non-hydrogen) atoms. The van der Waals surface area contributed by atoms with Gasteiger partial charge in [0.1, 0.15) is 6.33 Å². The van der Waals surface area contributed by atoms with E-state index in [1.165, 1.54) is 31.5 Å². The summed E-state index contributed by atoms with van der Waals surface area (Å²) in [6.45, 7) is 1.24. The zero-order valence-corrected chi connectivity index (χ0v) is 16.2. The van der Waals surface area contributed by atoms with Gasteiger partial charge in [-0.25, -0.2) is 4.90 Å². The van der Waals surface area contributed by atoms with Gasteiger partial charge >= 0.3 is 6.18 Å². The Balaban J connectivity index is 1.64. The first-order chi connectivity index (χ1) is 14.3. The van der Waals surface area contributed by atoms with Gasteiger partial charge in [0.25, 0.3) is 11.1 Å². The molecule has 2 heterocycles. The van der Waals surface area contributed by atoms with Crippen LogP contribution in [0.5, 0.6) is 0 Å². The van der Waals surface area contributed by atoms with Crippen LogP contribution in [0.25, 0.3) is 17.5 Å². The topological polar surface area (TPSA) is 79.0 Å². The molecular formula is C20H13F3N4O2S. The number of carbonyl (C=O) groups excluding carboxylic acids is 2. The Kier molecular flexibility index (Phi) is 4.94. The van der Waals surface area contributed by atoms with Crippen molar-refractivity contribution in [3.05, 3.63) is 70.4 Å². The Morgan fingerprint density at radius 1 is 1.10 bits per heavy atom. The highest BCUT2D eigenvalue weighted by Crippen LogP contribution is 2.41. The molecule has 2 aromatic carbocycles. The zero-order chi connectivity index (χ0) is 21.5. The maximum absolute atomic E-state index is 13.2. The van der Waals surface area contributed by atoms with Crippen molar-refractivity contribution in [3.63, 3.8) is 0 Å². The highest BCUT2D eigenvalue weighted by Gasteiger charge is 2.39. The Hall–Kier alpha value is -3.40. The summed E-state index contributed by atoms with van der Waals surface area (Å²) in [7, 11) is 0. The third-order valence-electron chi connectivity index (χ3n) is 4.54. The lowest BCUT2D eigenvalue weighted by atomic mass is 10.1. The van der Waals surface area contributed by atoms with Gasteiger partial charge < -0.3 is 4.98 Å². The van der Waals surface area contributed by atoms with Gasteiger partial charge in [-0.15, -0.1) is 10.2 Å². The monoisotopic (exact) mass is 430 g/mol. The average Bonchev–Trinajstić information content (AvgIpc) is 3.31. The van der Waals surface area contributed by atoms with Gasteiger partial charge in [-0.05, 0) is 48.0 Å². The van der Waals surface area contributed by atoms with Crippen LogP contribution in [0, 0.1) is 6.92 Å². The summed E-state index contributed by atoms with van der Waals surface area (Å²) in [6, 6.07) is 10.4. The van der Waals surface area contributed by atoms with E-state index in [1.54, 1.807) is 24.3 Å². The average molecular weight is 430 g/mol. The maximum Gasteiger partial charge on any atom is 0.416 e. The molecule has 1 fully saturated rings. The number of nitrogens with zero attached hydrogens (tertiary/aromatic N) is 3. The van der Waals surface area contributed by atoms with Gasteiger partial charge in [0.2, 0.25) is 0 Å². The third-order valence-corrected chi connectivity index (χ3v) is 5.41. The Bertz CT molecular complexity index is 1160. The molecule has 6 nitrogen and oxygen atoms in total. The molecule has 0 bridgehead atoms. The molecule has 4 rings (SSSR count). The van der Waals surface area contributed by atoms with E-state index in [0.29, 0.717) is 23.1 Å². The molecule has 0 aliphatic carbocycles. The minimum atomic E-state index is -4.58. The van der Waals surface area contributed by atoms with Crippen LogP contribution < -0.4 is 4.90 Å². The van der Waals surface area contributed by atoms with Crippen molar-refractivity contribution >= 4 is 34.7 Å². The van der Waals surface area contributed by atoms with Crippen molar-refractivity contribution in [2.24, 2.45) is 0 Å². The molecule has 0 atom stereocenters. The van der Waals surface area contributed by atoms with Crippen LogP contribution in [0.1, 0.15) is 16.7 Å². The number of thioether (sulfide) groups is 1. The summed E-state index contributed by atoms with van der Waals surface area (Å²) in [6.07, 6.45) is -1.60. The molecule has 1 N–H and O–H groups in total. The van der Waals surface area contributed by atoms with Crippen LogP contribution in [-0.4, -0.2) is 26.3 Å². The predicted octanol–water partition coefficient (Wildman–Crippen LogP) is 5.04. The van der Waals surface area contributed by atoms with Crippen LogP contribution in [0.15, 0.2) is 53.7 Å². The summed E-state index contributed by atoms with van der Waals surface area (Å²) >= 11 is 0.684. The quantitative estimate of drug-likeness (QED) is 0.589. The van der Waals surface area contributed by atoms with Gasteiger partial charge in [-0.2, -0.15) is 13.2 Å². The van der Waals surface area contributed by atoms with Crippen molar-refractivity contribution in [1.82, 2.24) is 15.2 Å². The number of aromatic nitrogens is 3. The van der Waals surface area contributed by atoms with Gasteiger partial charge in [-0.1, -0.05) is 30.3 Å². The second kappa shape index (κ2) is 7.45. The second-order valence-corrected chi connectivity index (χ2v) is 7.42. The minimum Gasteiger partial charge on any atom is -0.328 e. The van der Waals surface area contributed by atoms with Crippen LogP contribution in [0.2, 0.25) is 0 Å². The predicted molar refractivity (Wildman–Crippen MR) is 106 cm³/mol. The van der Waals surface area contributed by atoms with Crippen LogP contribution in [0.3, 0.4) is 0 Å². The molecule has 1 aliphatic rings. The smallest absolute Gasteiger partial charge is 0.328 e. The Morgan fingerprint density at radius 3 is 2.47 bits per heavy atom. The number of rotatable bonds is 3. The minimum absolute atomic E-state index is 0.0728. The highest BCUT2D eigenvalue weighted by molar-refractivity contribution is 8.19. The number of hydrogen-bond acceptors (Lipinski definition) is 5. The molecule has 0 radical (unpaired) electrons. The van der Waals surface area contributed by atoms with Crippen molar-refractivity contribution in [2.75, 3.05) is 4.90 Å². The summed E-state index contributed by atoms with van der Waals surface area (Å²) in [5.41, 5.74) is 0.314. The number of alkyl halides is 3. The molecule has 152 valence electrons. The number of anilines is 1. The number of amides is 2. The molecule has 0 unspecified atom stereocenters. The first kappa shape index (κ1) is 19.9. The molecule has 10 heteroatoms. The molecule has 0 saturated carbocycles. The molecule has 1 aromatic heterocycles. The summed E-state index contributed by atoms with van der Waals surface area (Å²) < 4.78 is 39.6. The number of benzene rings is 2. The van der Waals surface area contributed by atoms with Gasteiger partial charge in [0.15, 0.2) is 5.82 Å². The van der Waals surface area contributed by atoms with Crippen molar-refractivity contribution in [3.8, 4) is 11.4 Å². The summed E-state index contributed by atoms with van der Waals surface area (Å²) in [5.74, 6) is -0.0753. The maximum atomic E-state index is 13.2. The Labute approximate surface area is 172 Å². The molecule has 3 aromatic rings. The van der Waals surface area contributed by atoms with Gasteiger partial charge in [0.05, 0.1) is 16.2 Å². The second-order valence-electron chi connectivity index (χ2n) is 6.42. The molecule has 2 amide bonds. The zero-order valence-electron chi connectivity index (χ0n) is 15.4. The van der Waals surface area contributed by atoms with Crippen molar-refractivity contribution in [2.45, 2.75) is 13.1 Å². The lowest BCUT2D eigenvalue weighted by molar-refractivity contribution is -0.138. The fourth-order valence-electron chi connectivity index (χ4n) is 3.08. The number of halogens is 3. The van der Waals surface area contributed by atoms with E-state index in [4.69, 9.17) is 0 Å².